The van der Waals surface area contributed by atoms with Gasteiger partial charge in [0, 0.05) is 23.5 Å². The third-order valence-corrected chi connectivity index (χ3v) is 3.40. The Hall–Kier alpha value is -3.08. The van der Waals surface area contributed by atoms with Gasteiger partial charge in [0.15, 0.2) is 0 Å². The van der Waals surface area contributed by atoms with E-state index in [1.54, 1.807) is 31.8 Å². The molecule has 0 saturated carbocycles. The molecule has 3 aromatic rings. The highest BCUT2D eigenvalue weighted by atomic mass is 16.5. The number of methoxy groups -OCH3 is 1. The van der Waals surface area contributed by atoms with E-state index in [2.05, 4.69) is 9.97 Å². The summed E-state index contributed by atoms with van der Waals surface area (Å²) in [5.41, 5.74) is 8.55. The van der Waals surface area contributed by atoms with E-state index in [0.717, 1.165) is 22.4 Å². The number of nitrogens with zero attached hydrogens (tertiary/aromatic N) is 2. The fourth-order valence-corrected chi connectivity index (χ4v) is 2.12. The maximum absolute atomic E-state index is 5.80. The van der Waals surface area contributed by atoms with Gasteiger partial charge in [-0.05, 0) is 35.9 Å². The van der Waals surface area contributed by atoms with Crippen LogP contribution in [0.1, 0.15) is 5.56 Å². The highest BCUT2D eigenvalue weighted by molar-refractivity contribution is 5.63. The minimum absolute atomic E-state index is 0.467. The molecule has 0 fully saturated rings. The minimum atomic E-state index is 0.467. The maximum atomic E-state index is 5.80. The second-order valence-corrected chi connectivity index (χ2v) is 5.02. The fraction of sp³-hybridized carbons (Fsp3) is 0.111. The van der Waals surface area contributed by atoms with Gasteiger partial charge < -0.3 is 15.2 Å². The summed E-state index contributed by atoms with van der Waals surface area (Å²) >= 11 is 0. The van der Waals surface area contributed by atoms with Crippen molar-refractivity contribution in [1.29, 1.82) is 0 Å². The Balaban J connectivity index is 1.70. The zero-order valence-electron chi connectivity index (χ0n) is 12.8. The second kappa shape index (κ2) is 6.79. The molecule has 1 aromatic carbocycles. The molecule has 0 unspecified atom stereocenters. The number of nitrogen functional groups attached to an aromatic ring is 1. The summed E-state index contributed by atoms with van der Waals surface area (Å²) in [7, 11) is 1.65. The van der Waals surface area contributed by atoms with Crippen molar-refractivity contribution in [3.05, 3.63) is 66.6 Å². The van der Waals surface area contributed by atoms with Crippen LogP contribution in [0.4, 0.5) is 5.82 Å². The summed E-state index contributed by atoms with van der Waals surface area (Å²) < 4.78 is 10.9. The molecular weight excluding hydrogens is 290 g/mol. The monoisotopic (exact) mass is 307 g/mol. The first-order valence-corrected chi connectivity index (χ1v) is 7.17. The van der Waals surface area contributed by atoms with E-state index in [0.29, 0.717) is 18.2 Å². The summed E-state index contributed by atoms with van der Waals surface area (Å²) in [4.78, 5) is 8.31. The molecule has 0 bridgehead atoms. The van der Waals surface area contributed by atoms with E-state index in [-0.39, 0.29) is 0 Å². The number of rotatable bonds is 5. The molecule has 3 rings (SSSR count). The first-order valence-electron chi connectivity index (χ1n) is 7.17. The molecule has 23 heavy (non-hydrogen) atoms. The lowest BCUT2D eigenvalue weighted by atomic mass is 10.1. The van der Waals surface area contributed by atoms with Crippen molar-refractivity contribution in [3.8, 4) is 22.6 Å². The molecule has 0 radical (unpaired) electrons. The molecule has 0 aliphatic rings. The van der Waals surface area contributed by atoms with Crippen LogP contribution in [0.3, 0.4) is 0 Å². The Morgan fingerprint density at radius 3 is 2.43 bits per heavy atom. The van der Waals surface area contributed by atoms with Crippen LogP contribution in [0.25, 0.3) is 11.1 Å². The van der Waals surface area contributed by atoms with Gasteiger partial charge in [-0.25, -0.2) is 4.98 Å². The van der Waals surface area contributed by atoms with Crippen LogP contribution in [0.15, 0.2) is 61.1 Å². The Morgan fingerprint density at radius 1 is 0.913 bits per heavy atom. The van der Waals surface area contributed by atoms with E-state index >= 15 is 0 Å². The molecule has 2 heterocycles. The van der Waals surface area contributed by atoms with Crippen molar-refractivity contribution in [3.63, 3.8) is 0 Å². The largest absolute Gasteiger partial charge is 0.497 e. The second-order valence-electron chi connectivity index (χ2n) is 5.02. The molecular formula is C18H17N3O2. The number of anilines is 1. The fourth-order valence-electron chi connectivity index (χ4n) is 2.12. The molecule has 0 amide bonds. The third-order valence-electron chi connectivity index (χ3n) is 3.40. The highest BCUT2D eigenvalue weighted by Gasteiger charge is 2.03. The number of benzene rings is 1. The van der Waals surface area contributed by atoms with Crippen molar-refractivity contribution in [1.82, 2.24) is 9.97 Å². The van der Waals surface area contributed by atoms with Crippen LogP contribution in [-0.2, 0) is 6.61 Å². The summed E-state index contributed by atoms with van der Waals surface area (Å²) in [6.07, 6.45) is 5.19. The topological polar surface area (TPSA) is 70.3 Å². The summed E-state index contributed by atoms with van der Waals surface area (Å²) in [6.45, 7) is 0.467. The van der Waals surface area contributed by atoms with Crippen molar-refractivity contribution in [2.45, 2.75) is 6.61 Å². The van der Waals surface area contributed by atoms with Crippen molar-refractivity contribution in [2.24, 2.45) is 0 Å². The zero-order chi connectivity index (χ0) is 16.1. The minimum Gasteiger partial charge on any atom is -0.497 e. The van der Waals surface area contributed by atoms with Crippen molar-refractivity contribution < 1.29 is 9.47 Å². The van der Waals surface area contributed by atoms with Crippen LogP contribution in [-0.4, -0.2) is 17.1 Å². The number of pyridine rings is 2. The van der Waals surface area contributed by atoms with Crippen molar-refractivity contribution in [2.75, 3.05) is 12.8 Å². The summed E-state index contributed by atoms with van der Waals surface area (Å²) in [5, 5.41) is 0. The maximum Gasteiger partial charge on any atom is 0.138 e. The average Bonchev–Trinajstić information content (AvgIpc) is 2.61. The molecule has 0 aliphatic carbocycles. The standard InChI is InChI=1S/C18H17N3O2/c1-22-16-5-2-13(3-6-16)12-23-17-8-15(9-20-11-17)14-4-7-18(19)21-10-14/h2-11H,12H2,1H3,(H2,19,21). The van der Waals surface area contributed by atoms with Crippen LogP contribution >= 0.6 is 0 Å². The van der Waals surface area contributed by atoms with Crippen molar-refractivity contribution >= 4 is 5.82 Å². The highest BCUT2D eigenvalue weighted by Crippen LogP contribution is 2.23. The third kappa shape index (κ3) is 3.77. The SMILES string of the molecule is COc1ccc(COc2cncc(-c3ccc(N)nc3)c2)cc1. The zero-order valence-corrected chi connectivity index (χ0v) is 12.8. The van der Waals surface area contributed by atoms with Crippen LogP contribution in [0.2, 0.25) is 0 Å². The molecule has 0 aliphatic heterocycles. The average molecular weight is 307 g/mol. The van der Waals surface area contributed by atoms with Crippen LogP contribution in [0.5, 0.6) is 11.5 Å². The molecule has 0 atom stereocenters. The lowest BCUT2D eigenvalue weighted by Crippen LogP contribution is -1.96. The molecule has 5 heteroatoms. The number of ether oxygens (including phenoxy) is 2. The quantitative estimate of drug-likeness (QED) is 0.783. The van der Waals surface area contributed by atoms with Gasteiger partial charge in [0.05, 0.1) is 13.3 Å². The first kappa shape index (κ1) is 14.8. The Labute approximate surface area is 134 Å². The molecule has 2 N–H and O–H groups in total. The normalized spacial score (nSPS) is 10.3. The Morgan fingerprint density at radius 2 is 1.74 bits per heavy atom. The molecule has 0 spiro atoms. The summed E-state index contributed by atoms with van der Waals surface area (Å²) in [5.74, 6) is 2.03. The van der Waals surface area contributed by atoms with Crippen LogP contribution in [0, 0.1) is 0 Å². The van der Waals surface area contributed by atoms with Gasteiger partial charge in [0.25, 0.3) is 0 Å². The van der Waals surface area contributed by atoms with E-state index < -0.39 is 0 Å². The number of hydrogen-bond acceptors (Lipinski definition) is 5. The molecule has 5 nitrogen and oxygen atoms in total. The molecule has 2 aromatic heterocycles. The van der Waals surface area contributed by atoms with Gasteiger partial charge in [-0.1, -0.05) is 12.1 Å². The number of nitrogens with two attached hydrogens (primary N) is 1. The van der Waals surface area contributed by atoms with Gasteiger partial charge >= 0.3 is 0 Å². The number of aromatic nitrogens is 2. The van der Waals surface area contributed by atoms with E-state index in [9.17, 15) is 0 Å². The predicted molar refractivity (Wildman–Crippen MR) is 89.2 cm³/mol. The molecule has 116 valence electrons. The van der Waals surface area contributed by atoms with E-state index in [1.807, 2.05) is 36.4 Å². The summed E-state index contributed by atoms with van der Waals surface area (Å²) in [6, 6.07) is 13.4. The van der Waals surface area contributed by atoms with Gasteiger partial charge in [-0.15, -0.1) is 0 Å². The van der Waals surface area contributed by atoms with Gasteiger partial charge in [-0.2, -0.15) is 0 Å². The predicted octanol–water partition coefficient (Wildman–Crippen LogP) is 3.31. The lowest BCUT2D eigenvalue weighted by molar-refractivity contribution is 0.305. The Bertz CT molecular complexity index is 771. The van der Waals surface area contributed by atoms with Gasteiger partial charge in [0.2, 0.25) is 0 Å². The smallest absolute Gasteiger partial charge is 0.138 e. The van der Waals surface area contributed by atoms with Crippen LogP contribution < -0.4 is 15.2 Å². The van der Waals surface area contributed by atoms with Gasteiger partial charge in [0.1, 0.15) is 23.9 Å². The Kier molecular flexibility index (Phi) is 4.38. The van der Waals surface area contributed by atoms with Gasteiger partial charge in [-0.3, -0.25) is 4.98 Å². The van der Waals surface area contributed by atoms with E-state index in [4.69, 9.17) is 15.2 Å². The number of hydrogen-bond donors (Lipinski definition) is 1. The van der Waals surface area contributed by atoms with E-state index in [1.165, 1.54) is 0 Å². The molecule has 0 saturated heterocycles. The lowest BCUT2D eigenvalue weighted by Gasteiger charge is -2.08. The first-order chi connectivity index (χ1) is 11.2.